The van der Waals surface area contributed by atoms with E-state index in [1.165, 1.54) is 6.07 Å². The molecule has 0 amide bonds. The molecule has 4 heteroatoms. The predicted octanol–water partition coefficient (Wildman–Crippen LogP) is 1.84. The zero-order chi connectivity index (χ0) is 10.7. The molecule has 1 N–H and O–H groups in total. The summed E-state index contributed by atoms with van der Waals surface area (Å²) < 4.78 is 31.0. The number of hydrogen-bond acceptors (Lipinski definition) is 2. The maximum Gasteiger partial charge on any atom is 0.159 e. The zero-order valence-corrected chi connectivity index (χ0v) is 8.30. The summed E-state index contributed by atoms with van der Waals surface area (Å²) in [6.45, 7) is 2.13. The minimum atomic E-state index is -0.819. The predicted molar refractivity (Wildman–Crippen MR) is 52.4 cm³/mol. The Morgan fingerprint density at radius 3 is 2.87 bits per heavy atom. The van der Waals surface area contributed by atoms with Crippen molar-refractivity contribution in [2.24, 2.45) is 0 Å². The van der Waals surface area contributed by atoms with E-state index in [9.17, 15) is 8.78 Å². The van der Waals surface area contributed by atoms with Gasteiger partial charge in [-0.3, -0.25) is 0 Å². The van der Waals surface area contributed by atoms with Crippen molar-refractivity contribution >= 4 is 0 Å². The van der Waals surface area contributed by atoms with Crippen molar-refractivity contribution in [3.8, 4) is 0 Å². The topological polar surface area (TPSA) is 21.3 Å². The van der Waals surface area contributed by atoms with Gasteiger partial charge in [-0.25, -0.2) is 8.78 Å². The van der Waals surface area contributed by atoms with Gasteiger partial charge in [-0.2, -0.15) is 0 Å². The van der Waals surface area contributed by atoms with Crippen LogP contribution in [0.25, 0.3) is 0 Å². The van der Waals surface area contributed by atoms with Gasteiger partial charge in [0.2, 0.25) is 0 Å². The summed E-state index contributed by atoms with van der Waals surface area (Å²) >= 11 is 0. The Kier molecular flexibility index (Phi) is 3.28. The third kappa shape index (κ3) is 2.73. The number of nitrogens with one attached hydrogen (secondary N) is 1. The summed E-state index contributed by atoms with van der Waals surface area (Å²) in [7, 11) is 0. The van der Waals surface area contributed by atoms with Gasteiger partial charge in [0.25, 0.3) is 0 Å². The largest absolute Gasteiger partial charge is 0.372 e. The first-order chi connectivity index (χ1) is 7.25. The Labute approximate surface area is 87.2 Å². The molecule has 2 nitrogen and oxygen atoms in total. The SMILES string of the molecule is Fc1ccc(COC2CCNC2)cc1F. The Balaban J connectivity index is 1.90. The van der Waals surface area contributed by atoms with Gasteiger partial charge in [-0.15, -0.1) is 0 Å². The van der Waals surface area contributed by atoms with Crippen LogP contribution in [-0.4, -0.2) is 19.2 Å². The maximum absolute atomic E-state index is 12.8. The lowest BCUT2D eigenvalue weighted by atomic mass is 10.2. The number of benzene rings is 1. The van der Waals surface area contributed by atoms with E-state index in [2.05, 4.69) is 5.32 Å². The molecule has 0 bridgehead atoms. The highest BCUT2D eigenvalue weighted by Crippen LogP contribution is 2.12. The van der Waals surface area contributed by atoms with Crippen LogP contribution in [0, 0.1) is 11.6 Å². The van der Waals surface area contributed by atoms with E-state index in [0.29, 0.717) is 12.2 Å². The molecule has 0 saturated carbocycles. The summed E-state index contributed by atoms with van der Waals surface area (Å²) in [6, 6.07) is 3.85. The number of halogens is 2. The van der Waals surface area contributed by atoms with Crippen LogP contribution in [0.4, 0.5) is 8.78 Å². The molecule has 15 heavy (non-hydrogen) atoms. The lowest BCUT2D eigenvalue weighted by Crippen LogP contribution is -2.16. The number of rotatable bonds is 3. The van der Waals surface area contributed by atoms with Crippen molar-refractivity contribution in [3.05, 3.63) is 35.4 Å². The molecular weight excluding hydrogens is 200 g/mol. The highest BCUT2D eigenvalue weighted by atomic mass is 19.2. The van der Waals surface area contributed by atoms with Crippen LogP contribution >= 0.6 is 0 Å². The molecule has 1 aliphatic rings. The lowest BCUT2D eigenvalue weighted by Gasteiger charge is -2.10. The van der Waals surface area contributed by atoms with Crippen molar-refractivity contribution in [2.75, 3.05) is 13.1 Å². The van der Waals surface area contributed by atoms with Gasteiger partial charge in [-0.05, 0) is 30.7 Å². The molecule has 0 aromatic heterocycles. The second kappa shape index (κ2) is 4.68. The Hall–Kier alpha value is -1.00. The third-order valence-electron chi connectivity index (χ3n) is 2.48. The van der Waals surface area contributed by atoms with Crippen molar-refractivity contribution in [2.45, 2.75) is 19.1 Å². The van der Waals surface area contributed by atoms with E-state index >= 15 is 0 Å². The van der Waals surface area contributed by atoms with Crippen molar-refractivity contribution < 1.29 is 13.5 Å². The van der Waals surface area contributed by atoms with Crippen molar-refractivity contribution in [3.63, 3.8) is 0 Å². The molecule has 0 aliphatic carbocycles. The molecule has 1 fully saturated rings. The second-order valence-electron chi connectivity index (χ2n) is 3.67. The molecule has 0 spiro atoms. The molecule has 1 atom stereocenters. The molecule has 1 unspecified atom stereocenters. The van der Waals surface area contributed by atoms with E-state index in [-0.39, 0.29) is 6.10 Å². The minimum Gasteiger partial charge on any atom is -0.372 e. The average Bonchev–Trinajstić information content (AvgIpc) is 2.73. The highest BCUT2D eigenvalue weighted by Gasteiger charge is 2.14. The quantitative estimate of drug-likeness (QED) is 0.827. The van der Waals surface area contributed by atoms with E-state index in [1.54, 1.807) is 6.07 Å². The number of hydrogen-bond donors (Lipinski definition) is 1. The van der Waals surface area contributed by atoms with Crippen LogP contribution in [0.15, 0.2) is 18.2 Å². The summed E-state index contributed by atoms with van der Waals surface area (Å²) in [5.74, 6) is -1.64. The Bertz CT molecular complexity index is 337. The third-order valence-corrected chi connectivity index (χ3v) is 2.48. The van der Waals surface area contributed by atoms with Crippen LogP contribution in [0.5, 0.6) is 0 Å². The summed E-state index contributed by atoms with van der Waals surface area (Å²) in [5.41, 5.74) is 0.667. The van der Waals surface area contributed by atoms with Crippen LogP contribution in [0.2, 0.25) is 0 Å². The molecule has 0 radical (unpaired) electrons. The normalized spacial score (nSPS) is 20.8. The molecule has 82 valence electrons. The second-order valence-corrected chi connectivity index (χ2v) is 3.67. The highest BCUT2D eigenvalue weighted by molar-refractivity contribution is 5.16. The fraction of sp³-hybridized carbons (Fsp3) is 0.455. The van der Waals surface area contributed by atoms with Gasteiger partial charge in [0.1, 0.15) is 0 Å². The minimum absolute atomic E-state index is 0.193. The monoisotopic (exact) mass is 213 g/mol. The molecule has 1 aromatic carbocycles. The Morgan fingerprint density at radius 1 is 1.33 bits per heavy atom. The fourth-order valence-electron chi connectivity index (χ4n) is 1.61. The summed E-state index contributed by atoms with van der Waals surface area (Å²) in [6.07, 6.45) is 1.17. The zero-order valence-electron chi connectivity index (χ0n) is 8.30. The lowest BCUT2D eigenvalue weighted by molar-refractivity contribution is 0.0540. The molecule has 1 saturated heterocycles. The Morgan fingerprint density at radius 2 is 2.20 bits per heavy atom. The molecule has 1 aliphatic heterocycles. The van der Waals surface area contributed by atoms with Gasteiger partial charge in [0, 0.05) is 6.54 Å². The van der Waals surface area contributed by atoms with Crippen molar-refractivity contribution in [1.29, 1.82) is 0 Å². The van der Waals surface area contributed by atoms with Crippen LogP contribution < -0.4 is 5.32 Å². The first-order valence-electron chi connectivity index (χ1n) is 5.02. The van der Waals surface area contributed by atoms with Crippen LogP contribution in [-0.2, 0) is 11.3 Å². The molecule has 2 rings (SSSR count). The van der Waals surface area contributed by atoms with Crippen LogP contribution in [0.1, 0.15) is 12.0 Å². The summed E-state index contributed by atoms with van der Waals surface area (Å²) in [4.78, 5) is 0. The van der Waals surface area contributed by atoms with Crippen LogP contribution in [0.3, 0.4) is 0 Å². The van der Waals surface area contributed by atoms with Gasteiger partial charge >= 0.3 is 0 Å². The van der Waals surface area contributed by atoms with E-state index in [4.69, 9.17) is 4.74 Å². The number of ether oxygens (including phenoxy) is 1. The molecule has 1 aromatic rings. The maximum atomic E-state index is 12.8. The van der Waals surface area contributed by atoms with Gasteiger partial charge in [-0.1, -0.05) is 6.07 Å². The van der Waals surface area contributed by atoms with E-state index in [1.807, 2.05) is 0 Å². The summed E-state index contributed by atoms with van der Waals surface area (Å²) in [5, 5.41) is 3.17. The average molecular weight is 213 g/mol. The first kappa shape index (κ1) is 10.5. The van der Waals surface area contributed by atoms with E-state index in [0.717, 1.165) is 25.6 Å². The van der Waals surface area contributed by atoms with Gasteiger partial charge in [0.05, 0.1) is 12.7 Å². The fourth-order valence-corrected chi connectivity index (χ4v) is 1.61. The standard InChI is InChI=1S/C11H13F2NO/c12-10-2-1-8(5-11(10)13)7-15-9-3-4-14-6-9/h1-2,5,9,14H,3-4,6-7H2. The van der Waals surface area contributed by atoms with Gasteiger partial charge in [0.15, 0.2) is 11.6 Å². The van der Waals surface area contributed by atoms with E-state index < -0.39 is 11.6 Å². The van der Waals surface area contributed by atoms with Crippen molar-refractivity contribution in [1.82, 2.24) is 5.32 Å². The first-order valence-corrected chi connectivity index (χ1v) is 5.02. The molecule has 1 heterocycles. The smallest absolute Gasteiger partial charge is 0.159 e. The van der Waals surface area contributed by atoms with Gasteiger partial charge < -0.3 is 10.1 Å². The molecular formula is C11H13F2NO.